The van der Waals surface area contributed by atoms with Crippen molar-refractivity contribution in [3.63, 3.8) is 0 Å². The number of hydrogen-bond acceptors (Lipinski definition) is 8. The van der Waals surface area contributed by atoms with Crippen LogP contribution in [-0.2, 0) is 21.3 Å². The highest BCUT2D eigenvalue weighted by Gasteiger charge is 2.35. The van der Waals surface area contributed by atoms with Crippen LogP contribution in [0, 0.1) is 5.92 Å². The highest BCUT2D eigenvalue weighted by molar-refractivity contribution is 7.88. The van der Waals surface area contributed by atoms with Crippen molar-refractivity contribution in [3.05, 3.63) is 39.6 Å². The molecule has 0 radical (unpaired) electrons. The summed E-state index contributed by atoms with van der Waals surface area (Å²) < 4.78 is 35.2. The van der Waals surface area contributed by atoms with Gasteiger partial charge < -0.3 is 14.7 Å². The molecule has 11 heteroatoms. The third-order valence-corrected chi connectivity index (χ3v) is 8.12. The predicted octanol–water partition coefficient (Wildman–Crippen LogP) is 2.32. The molecule has 31 heavy (non-hydrogen) atoms. The summed E-state index contributed by atoms with van der Waals surface area (Å²) in [5.41, 5.74) is 2.16. The smallest absolute Gasteiger partial charge is 0.211 e. The van der Waals surface area contributed by atoms with Gasteiger partial charge in [0.25, 0.3) is 0 Å². The first-order chi connectivity index (χ1) is 14.9. The van der Waals surface area contributed by atoms with E-state index in [9.17, 15) is 13.5 Å². The van der Waals surface area contributed by atoms with Crippen molar-refractivity contribution in [1.29, 1.82) is 0 Å². The first-order valence-corrected chi connectivity index (χ1v) is 13.4. The van der Waals surface area contributed by atoms with Crippen LogP contribution in [0.25, 0.3) is 0 Å². The first kappa shape index (κ1) is 22.9. The molecule has 170 valence electrons. The fraction of sp³-hybridized carbons (Fsp3) is 0.600. The second-order valence-electron chi connectivity index (χ2n) is 8.06. The lowest BCUT2D eigenvalue weighted by Crippen LogP contribution is -2.32. The van der Waals surface area contributed by atoms with Crippen molar-refractivity contribution in [2.75, 3.05) is 50.6 Å². The van der Waals surface area contributed by atoms with Crippen LogP contribution in [0.4, 0.5) is 5.69 Å². The normalized spacial score (nSPS) is 19.9. The number of halogens is 1. The van der Waals surface area contributed by atoms with Crippen molar-refractivity contribution >= 4 is 38.8 Å². The van der Waals surface area contributed by atoms with E-state index in [1.165, 1.54) is 15.8 Å². The van der Waals surface area contributed by atoms with Crippen molar-refractivity contribution in [2.24, 2.45) is 5.92 Å². The van der Waals surface area contributed by atoms with Gasteiger partial charge in [0.1, 0.15) is 5.01 Å². The number of anilines is 1. The van der Waals surface area contributed by atoms with Crippen molar-refractivity contribution < 1.29 is 18.3 Å². The second-order valence-corrected chi connectivity index (χ2v) is 11.3. The lowest BCUT2D eigenvalue weighted by atomic mass is 10.00. The molecule has 2 aliphatic heterocycles. The van der Waals surface area contributed by atoms with Gasteiger partial charge in [-0.1, -0.05) is 23.7 Å². The Hall–Kier alpha value is -1.30. The highest BCUT2D eigenvalue weighted by Crippen LogP contribution is 2.44. The maximum atomic E-state index is 12.0. The molecule has 1 N–H and O–H groups in total. The van der Waals surface area contributed by atoms with Gasteiger partial charge in [0.15, 0.2) is 5.82 Å². The van der Waals surface area contributed by atoms with E-state index in [0.29, 0.717) is 16.7 Å². The van der Waals surface area contributed by atoms with Crippen LogP contribution < -0.4 is 4.90 Å². The first-order valence-electron chi connectivity index (χ1n) is 10.4. The molecule has 1 saturated heterocycles. The number of benzene rings is 1. The SMILES string of the molecule is CS(=O)(=O)N(CCO)Cc1nc(C2CN(CC3CCOCC3)c3c(Cl)cccc32)ns1. The molecule has 0 saturated carbocycles. The summed E-state index contributed by atoms with van der Waals surface area (Å²) in [4.78, 5) is 7.01. The van der Waals surface area contributed by atoms with Crippen molar-refractivity contribution in [1.82, 2.24) is 13.7 Å². The molecule has 2 aliphatic rings. The third kappa shape index (κ3) is 5.20. The lowest BCUT2D eigenvalue weighted by Gasteiger charge is -2.29. The molecular formula is C20H27ClN4O4S2. The van der Waals surface area contributed by atoms with Crippen LogP contribution in [0.1, 0.15) is 35.2 Å². The fourth-order valence-corrected chi connectivity index (χ4v) is 6.15. The maximum Gasteiger partial charge on any atom is 0.211 e. The number of ether oxygens (including phenoxy) is 1. The molecule has 0 spiro atoms. The standard InChI is InChI=1S/C20H27ClN4O4S2/c1-31(27,28)25(7-8-26)13-18-22-20(23-30-18)16-12-24(11-14-5-9-29-10-6-14)19-15(16)3-2-4-17(19)21/h2-4,14,16,26H,5-13H2,1H3. The predicted molar refractivity (Wildman–Crippen MR) is 121 cm³/mol. The van der Waals surface area contributed by atoms with Crippen molar-refractivity contribution in [2.45, 2.75) is 25.3 Å². The van der Waals surface area contributed by atoms with Crippen LogP contribution in [0.3, 0.4) is 0 Å². The molecule has 1 fully saturated rings. The molecule has 0 amide bonds. The fourth-order valence-electron chi connectivity index (χ4n) is 4.28. The van der Waals surface area contributed by atoms with Crippen LogP contribution in [0.15, 0.2) is 18.2 Å². The van der Waals surface area contributed by atoms with Crippen LogP contribution in [0.5, 0.6) is 0 Å². The number of aliphatic hydroxyl groups excluding tert-OH is 1. The van der Waals surface area contributed by atoms with E-state index in [0.717, 1.165) is 61.7 Å². The Balaban J connectivity index is 1.55. The zero-order valence-electron chi connectivity index (χ0n) is 17.4. The Kier molecular flexibility index (Phi) is 7.14. The topological polar surface area (TPSA) is 95.9 Å². The minimum absolute atomic E-state index is 0.0110. The number of aliphatic hydroxyl groups is 1. The monoisotopic (exact) mass is 486 g/mol. The maximum absolute atomic E-state index is 12.0. The molecule has 0 aliphatic carbocycles. The van der Waals surface area contributed by atoms with E-state index in [4.69, 9.17) is 16.3 Å². The van der Waals surface area contributed by atoms with Crippen LogP contribution >= 0.6 is 23.1 Å². The molecule has 1 aromatic carbocycles. The number of aromatic nitrogens is 2. The van der Waals surface area contributed by atoms with Gasteiger partial charge in [-0.25, -0.2) is 13.4 Å². The Bertz CT molecular complexity index is 1010. The number of fused-ring (bicyclic) bond motifs is 1. The average molecular weight is 487 g/mol. The summed E-state index contributed by atoms with van der Waals surface area (Å²) in [6.45, 7) is 3.18. The van der Waals surface area contributed by atoms with Gasteiger partial charge >= 0.3 is 0 Å². The number of hydrogen-bond donors (Lipinski definition) is 1. The molecule has 4 rings (SSSR count). The van der Waals surface area contributed by atoms with E-state index in [1.807, 2.05) is 12.1 Å². The van der Waals surface area contributed by atoms with Gasteiger partial charge in [-0.2, -0.15) is 8.68 Å². The molecule has 8 nitrogen and oxygen atoms in total. The van der Waals surface area contributed by atoms with Gasteiger partial charge in [-0.05, 0) is 41.9 Å². The summed E-state index contributed by atoms with van der Waals surface area (Å²) in [5.74, 6) is 1.25. The Labute approximate surface area is 192 Å². The van der Waals surface area contributed by atoms with Gasteiger partial charge in [0, 0.05) is 32.8 Å². The summed E-state index contributed by atoms with van der Waals surface area (Å²) in [6, 6.07) is 5.94. The van der Waals surface area contributed by atoms with E-state index < -0.39 is 10.0 Å². The Morgan fingerprint density at radius 1 is 1.35 bits per heavy atom. The van der Waals surface area contributed by atoms with Crippen molar-refractivity contribution in [3.8, 4) is 0 Å². The number of sulfonamides is 1. The molecule has 3 heterocycles. The van der Waals surface area contributed by atoms with Gasteiger partial charge in [0.2, 0.25) is 10.0 Å². The van der Waals surface area contributed by atoms with E-state index in [-0.39, 0.29) is 25.6 Å². The quantitative estimate of drug-likeness (QED) is 0.611. The summed E-state index contributed by atoms with van der Waals surface area (Å²) in [7, 11) is -3.44. The summed E-state index contributed by atoms with van der Waals surface area (Å²) in [6.07, 6.45) is 3.23. The van der Waals surface area contributed by atoms with E-state index in [1.54, 1.807) is 0 Å². The molecular weight excluding hydrogens is 460 g/mol. The summed E-state index contributed by atoms with van der Waals surface area (Å²) in [5, 5.41) is 10.5. The molecule has 1 unspecified atom stereocenters. The largest absolute Gasteiger partial charge is 0.395 e. The van der Waals surface area contributed by atoms with E-state index in [2.05, 4.69) is 20.3 Å². The molecule has 2 aromatic rings. The number of rotatable bonds is 8. The van der Waals surface area contributed by atoms with Gasteiger partial charge in [-0.3, -0.25) is 0 Å². The lowest BCUT2D eigenvalue weighted by molar-refractivity contribution is 0.0683. The zero-order valence-corrected chi connectivity index (χ0v) is 19.8. The minimum atomic E-state index is -3.44. The van der Waals surface area contributed by atoms with E-state index >= 15 is 0 Å². The third-order valence-electron chi connectivity index (χ3n) is 5.86. The Morgan fingerprint density at radius 3 is 2.84 bits per heavy atom. The van der Waals surface area contributed by atoms with Crippen LogP contribution in [-0.4, -0.2) is 72.9 Å². The highest BCUT2D eigenvalue weighted by atomic mass is 35.5. The van der Waals surface area contributed by atoms with Gasteiger partial charge in [0.05, 0.1) is 36.0 Å². The number of nitrogens with zero attached hydrogens (tertiary/aromatic N) is 4. The van der Waals surface area contributed by atoms with Gasteiger partial charge in [-0.15, -0.1) is 0 Å². The minimum Gasteiger partial charge on any atom is -0.395 e. The summed E-state index contributed by atoms with van der Waals surface area (Å²) >= 11 is 7.80. The second kappa shape index (κ2) is 9.68. The average Bonchev–Trinajstić information content (AvgIpc) is 3.33. The van der Waals surface area contributed by atoms with Crippen LogP contribution in [0.2, 0.25) is 5.02 Å². The number of para-hydroxylation sites is 1. The molecule has 1 atom stereocenters. The molecule has 1 aromatic heterocycles. The molecule has 0 bridgehead atoms. The zero-order chi connectivity index (χ0) is 22.0. The Morgan fingerprint density at radius 2 is 2.13 bits per heavy atom.